The number of nitrogens with one attached hydrogen (secondary N) is 1. The summed E-state index contributed by atoms with van der Waals surface area (Å²) in [5, 5.41) is 3.35. The van der Waals surface area contributed by atoms with E-state index in [1.54, 1.807) is 14.2 Å². The van der Waals surface area contributed by atoms with E-state index in [4.69, 9.17) is 14.2 Å². The van der Waals surface area contributed by atoms with Crippen LogP contribution < -0.4 is 14.8 Å². The van der Waals surface area contributed by atoms with Gasteiger partial charge < -0.3 is 19.5 Å². The van der Waals surface area contributed by atoms with Crippen LogP contribution in [0.4, 0.5) is 0 Å². The molecule has 1 aliphatic carbocycles. The fourth-order valence-corrected chi connectivity index (χ4v) is 4.66. The maximum Gasteiger partial charge on any atom is 0.336 e. The van der Waals surface area contributed by atoms with Gasteiger partial charge in [0.1, 0.15) is 11.5 Å². The lowest BCUT2D eigenvalue weighted by atomic mass is 9.71. The molecule has 2 aliphatic rings. The van der Waals surface area contributed by atoms with Crippen molar-refractivity contribution in [2.24, 2.45) is 0 Å². The zero-order valence-electron chi connectivity index (χ0n) is 18.7. The summed E-state index contributed by atoms with van der Waals surface area (Å²) in [6.07, 6.45) is 1.07. The molecular formula is C26H27NO5. The molecule has 166 valence electrons. The largest absolute Gasteiger partial charge is 0.497 e. The number of esters is 1. The first kappa shape index (κ1) is 21.7. The van der Waals surface area contributed by atoms with E-state index in [2.05, 4.69) is 5.32 Å². The number of hydrogen-bond donors (Lipinski definition) is 1. The molecule has 0 bridgehead atoms. The number of allylic oxidation sites excluding steroid dienone is 3. The summed E-state index contributed by atoms with van der Waals surface area (Å²) >= 11 is 0. The fourth-order valence-electron chi connectivity index (χ4n) is 4.66. The van der Waals surface area contributed by atoms with Gasteiger partial charge in [-0.1, -0.05) is 24.3 Å². The van der Waals surface area contributed by atoms with Gasteiger partial charge in [0, 0.05) is 29.3 Å². The number of rotatable bonds is 5. The van der Waals surface area contributed by atoms with E-state index >= 15 is 0 Å². The molecule has 2 atom stereocenters. The molecule has 6 heteroatoms. The third-order valence-corrected chi connectivity index (χ3v) is 6.27. The number of carbonyl (C=O) groups excluding carboxylic acids is 2. The average molecular weight is 434 g/mol. The zero-order valence-corrected chi connectivity index (χ0v) is 18.7. The minimum absolute atomic E-state index is 0.0364. The Morgan fingerprint density at radius 2 is 1.44 bits per heavy atom. The van der Waals surface area contributed by atoms with Gasteiger partial charge in [0.05, 0.1) is 26.9 Å². The van der Waals surface area contributed by atoms with Crippen LogP contribution in [0.3, 0.4) is 0 Å². The second-order valence-corrected chi connectivity index (χ2v) is 8.06. The van der Waals surface area contributed by atoms with Gasteiger partial charge in [-0.05, 0) is 54.7 Å². The first-order chi connectivity index (χ1) is 15.5. The Hall–Kier alpha value is -3.54. The minimum Gasteiger partial charge on any atom is -0.497 e. The highest BCUT2D eigenvalue weighted by molar-refractivity contribution is 6.04. The molecule has 4 rings (SSSR count). The number of dihydropyridines is 1. The molecular weight excluding hydrogens is 406 g/mol. The summed E-state index contributed by atoms with van der Waals surface area (Å²) in [6.45, 7) is 1.86. The van der Waals surface area contributed by atoms with Crippen molar-refractivity contribution >= 4 is 11.8 Å². The molecule has 0 saturated carbocycles. The normalized spacial score (nSPS) is 20.4. The lowest BCUT2D eigenvalue weighted by Gasteiger charge is -2.36. The summed E-state index contributed by atoms with van der Waals surface area (Å²) < 4.78 is 15.6. The molecule has 0 amide bonds. The molecule has 0 radical (unpaired) electrons. The summed E-state index contributed by atoms with van der Waals surface area (Å²) in [4.78, 5) is 26.2. The van der Waals surface area contributed by atoms with Crippen molar-refractivity contribution in [2.75, 3.05) is 21.3 Å². The van der Waals surface area contributed by atoms with Crippen molar-refractivity contribution in [3.8, 4) is 11.5 Å². The zero-order chi connectivity index (χ0) is 22.8. The van der Waals surface area contributed by atoms with Gasteiger partial charge in [-0.2, -0.15) is 0 Å². The van der Waals surface area contributed by atoms with E-state index < -0.39 is 11.9 Å². The second kappa shape index (κ2) is 8.91. The van der Waals surface area contributed by atoms with Gasteiger partial charge in [-0.3, -0.25) is 4.79 Å². The molecule has 1 heterocycles. The molecule has 2 aromatic rings. The lowest BCUT2D eigenvalue weighted by molar-refractivity contribution is -0.136. The number of benzene rings is 2. The lowest BCUT2D eigenvalue weighted by Crippen LogP contribution is -2.36. The monoisotopic (exact) mass is 433 g/mol. The Morgan fingerprint density at radius 1 is 0.875 bits per heavy atom. The molecule has 0 fully saturated rings. The van der Waals surface area contributed by atoms with E-state index in [-0.39, 0.29) is 11.7 Å². The number of ketones is 1. The van der Waals surface area contributed by atoms with E-state index in [0.717, 1.165) is 22.6 Å². The molecule has 2 aromatic carbocycles. The Morgan fingerprint density at radius 3 is 1.97 bits per heavy atom. The second-order valence-electron chi connectivity index (χ2n) is 8.06. The molecule has 1 aliphatic heterocycles. The van der Waals surface area contributed by atoms with Gasteiger partial charge in [-0.25, -0.2) is 4.79 Å². The molecule has 32 heavy (non-hydrogen) atoms. The summed E-state index contributed by atoms with van der Waals surface area (Å²) in [5.41, 5.74) is 4.64. The van der Waals surface area contributed by atoms with Crippen LogP contribution in [0.25, 0.3) is 0 Å². The topological polar surface area (TPSA) is 73.9 Å². The Kier molecular flexibility index (Phi) is 6.04. The Bertz CT molecular complexity index is 1100. The minimum atomic E-state index is -0.478. The quantitative estimate of drug-likeness (QED) is 0.711. The van der Waals surface area contributed by atoms with Crippen LogP contribution in [0.15, 0.2) is 71.1 Å². The Labute approximate surface area is 187 Å². The van der Waals surface area contributed by atoms with Gasteiger partial charge in [0.15, 0.2) is 5.78 Å². The van der Waals surface area contributed by atoms with Crippen LogP contribution in [0.5, 0.6) is 11.5 Å². The van der Waals surface area contributed by atoms with Crippen LogP contribution in [-0.2, 0) is 14.3 Å². The number of carbonyl (C=O) groups is 2. The summed E-state index contributed by atoms with van der Waals surface area (Å²) in [7, 11) is 4.60. The third-order valence-electron chi connectivity index (χ3n) is 6.27. The third kappa shape index (κ3) is 3.88. The van der Waals surface area contributed by atoms with Crippen LogP contribution in [0, 0.1) is 0 Å². The van der Waals surface area contributed by atoms with E-state index in [1.165, 1.54) is 7.11 Å². The maximum absolute atomic E-state index is 13.5. The standard InChI is InChI=1S/C26H27NO5/c1-15-23(26(29)32-4)24(17-7-11-20(31-3)12-8-17)25-21(27-15)13-18(14-22(25)28)16-5-9-19(30-2)10-6-16/h5-12,18,24,27H,13-14H2,1-4H3/t18-,24-/m1/s1. The van der Waals surface area contributed by atoms with Crippen LogP contribution in [-0.4, -0.2) is 33.1 Å². The Balaban J connectivity index is 1.76. The fraction of sp³-hybridized carbons (Fsp3) is 0.308. The van der Waals surface area contributed by atoms with Crippen molar-refractivity contribution in [3.63, 3.8) is 0 Å². The summed E-state index contributed by atoms with van der Waals surface area (Å²) in [6, 6.07) is 15.3. The van der Waals surface area contributed by atoms with Crippen molar-refractivity contribution in [2.45, 2.75) is 31.6 Å². The van der Waals surface area contributed by atoms with Crippen LogP contribution in [0.2, 0.25) is 0 Å². The number of Topliss-reactive ketones (excluding diaryl/α,β-unsaturated/α-hetero) is 1. The maximum atomic E-state index is 13.5. The highest BCUT2D eigenvalue weighted by atomic mass is 16.5. The highest BCUT2D eigenvalue weighted by Crippen LogP contribution is 2.46. The average Bonchev–Trinajstić information content (AvgIpc) is 2.82. The highest BCUT2D eigenvalue weighted by Gasteiger charge is 2.41. The van der Waals surface area contributed by atoms with E-state index in [9.17, 15) is 9.59 Å². The molecule has 1 N–H and O–H groups in total. The molecule has 6 nitrogen and oxygen atoms in total. The van der Waals surface area contributed by atoms with Gasteiger partial charge in [-0.15, -0.1) is 0 Å². The number of hydrogen-bond acceptors (Lipinski definition) is 6. The first-order valence-corrected chi connectivity index (χ1v) is 10.6. The van der Waals surface area contributed by atoms with E-state index in [1.807, 2.05) is 55.5 Å². The van der Waals surface area contributed by atoms with Crippen molar-refractivity contribution in [1.29, 1.82) is 0 Å². The number of methoxy groups -OCH3 is 3. The first-order valence-electron chi connectivity index (χ1n) is 10.6. The summed E-state index contributed by atoms with van der Waals surface area (Å²) in [5.74, 6) is 0.679. The SMILES string of the molecule is COC(=O)C1=C(C)NC2=C(C(=O)C[C@H](c3ccc(OC)cc3)C2)[C@@H]1c1ccc(OC)cc1. The van der Waals surface area contributed by atoms with Crippen molar-refractivity contribution < 1.29 is 23.8 Å². The molecule has 0 aromatic heterocycles. The number of ether oxygens (including phenoxy) is 3. The predicted molar refractivity (Wildman–Crippen MR) is 121 cm³/mol. The van der Waals surface area contributed by atoms with Gasteiger partial charge in [0.25, 0.3) is 0 Å². The van der Waals surface area contributed by atoms with E-state index in [0.29, 0.717) is 35.4 Å². The molecule has 0 saturated heterocycles. The van der Waals surface area contributed by atoms with Crippen LogP contribution in [0.1, 0.15) is 42.7 Å². The van der Waals surface area contributed by atoms with Crippen molar-refractivity contribution in [3.05, 3.63) is 82.2 Å². The predicted octanol–water partition coefficient (Wildman–Crippen LogP) is 4.24. The van der Waals surface area contributed by atoms with Gasteiger partial charge in [0.2, 0.25) is 0 Å². The smallest absolute Gasteiger partial charge is 0.336 e. The van der Waals surface area contributed by atoms with Gasteiger partial charge >= 0.3 is 5.97 Å². The van der Waals surface area contributed by atoms with Crippen molar-refractivity contribution in [1.82, 2.24) is 5.32 Å². The molecule has 0 unspecified atom stereocenters. The molecule has 0 spiro atoms. The van der Waals surface area contributed by atoms with Crippen LogP contribution >= 0.6 is 0 Å².